The second kappa shape index (κ2) is 13.2. The number of aromatic nitrogens is 1. The molecule has 2 aliphatic carbocycles. The third kappa shape index (κ3) is 5.19. The molecule has 4 amide bonds. The summed E-state index contributed by atoms with van der Waals surface area (Å²) >= 11 is 6.39. The van der Waals surface area contributed by atoms with Crippen LogP contribution in [0.3, 0.4) is 0 Å². The van der Waals surface area contributed by atoms with Crippen LogP contribution in [0.15, 0.2) is 131 Å². The Kier molecular flexibility index (Phi) is 8.17. The molecule has 0 unspecified atom stereocenters. The number of hydrogen-bond donors (Lipinski definition) is 2. The average molecular weight is 793 g/mol. The predicted molar refractivity (Wildman–Crippen MR) is 214 cm³/mol. The lowest BCUT2D eigenvalue weighted by atomic mass is 9.49. The molecule has 0 spiro atoms. The Labute approximate surface area is 336 Å². The normalized spacial score (nSPS) is 25.2. The highest BCUT2D eigenvalue weighted by Crippen LogP contribution is 2.65. The van der Waals surface area contributed by atoms with Gasteiger partial charge in [0.1, 0.15) is 17.1 Å². The number of amides is 4. The van der Waals surface area contributed by atoms with Gasteiger partial charge in [-0.05, 0) is 110 Å². The van der Waals surface area contributed by atoms with Gasteiger partial charge in [-0.2, -0.15) is 5.01 Å². The monoisotopic (exact) mass is 792 g/mol. The molecule has 6 atom stereocenters. The maximum absolute atomic E-state index is 15.3. The second-order valence-corrected chi connectivity index (χ2v) is 15.9. The van der Waals surface area contributed by atoms with E-state index in [9.17, 15) is 23.9 Å². The number of benzene rings is 5. The largest absolute Gasteiger partial charge is 0.507 e. The first-order valence-electron chi connectivity index (χ1n) is 19.0. The van der Waals surface area contributed by atoms with Crippen molar-refractivity contribution in [1.29, 1.82) is 0 Å². The van der Waals surface area contributed by atoms with Gasteiger partial charge in [0.15, 0.2) is 5.58 Å². The molecule has 2 N–H and O–H groups in total. The maximum Gasteiger partial charge on any atom is 0.260 e. The van der Waals surface area contributed by atoms with Gasteiger partial charge in [0.2, 0.25) is 17.7 Å². The van der Waals surface area contributed by atoms with E-state index >= 15 is 4.79 Å². The minimum absolute atomic E-state index is 0.0389. The first-order chi connectivity index (χ1) is 28.1. The highest BCUT2D eigenvalue weighted by Gasteiger charge is 2.70. The summed E-state index contributed by atoms with van der Waals surface area (Å²) < 4.78 is 19.9. The van der Waals surface area contributed by atoms with Crippen molar-refractivity contribution < 1.29 is 33.1 Å². The Bertz CT molecular complexity index is 2700. The van der Waals surface area contributed by atoms with Crippen LogP contribution in [0.4, 0.5) is 15.8 Å². The number of para-hydroxylation sites is 3. The second-order valence-electron chi connectivity index (χ2n) is 15.4. The molecular formula is C46H34ClFN4O6. The van der Waals surface area contributed by atoms with Gasteiger partial charge < -0.3 is 9.52 Å². The van der Waals surface area contributed by atoms with E-state index in [2.05, 4.69) is 10.4 Å². The van der Waals surface area contributed by atoms with E-state index in [4.69, 9.17) is 16.0 Å². The van der Waals surface area contributed by atoms with Crippen molar-refractivity contribution in [3.05, 3.63) is 154 Å². The van der Waals surface area contributed by atoms with E-state index < -0.39 is 58.5 Å². The summed E-state index contributed by atoms with van der Waals surface area (Å²) in [5.41, 5.74) is 6.26. The summed E-state index contributed by atoms with van der Waals surface area (Å²) in [4.78, 5) is 65.1. The van der Waals surface area contributed by atoms with E-state index in [0.29, 0.717) is 61.2 Å². The minimum Gasteiger partial charge on any atom is -0.507 e. The Balaban J connectivity index is 1.08. The fraction of sp³-hybridized carbons (Fsp3) is 0.196. The summed E-state index contributed by atoms with van der Waals surface area (Å²) in [6.45, 7) is 1.76. The number of nitrogens with zero attached hydrogens (tertiary/aromatic N) is 3. The average Bonchev–Trinajstić information content (AvgIpc) is 3.85. The van der Waals surface area contributed by atoms with Crippen LogP contribution >= 0.6 is 11.6 Å². The summed E-state index contributed by atoms with van der Waals surface area (Å²) in [5, 5.41) is 13.2. The number of nitrogens with one attached hydrogen (secondary N) is 1. The summed E-state index contributed by atoms with van der Waals surface area (Å²) in [6, 6.07) is 31.7. The van der Waals surface area contributed by atoms with Gasteiger partial charge in [0.05, 0.1) is 34.5 Å². The molecule has 2 aliphatic heterocycles. The van der Waals surface area contributed by atoms with E-state index in [-0.39, 0.29) is 24.5 Å². The molecule has 10 nitrogen and oxygen atoms in total. The summed E-state index contributed by atoms with van der Waals surface area (Å²) in [5.74, 6) is -6.17. The molecule has 4 aliphatic rings. The molecular weight excluding hydrogens is 759 g/mol. The molecule has 1 saturated carbocycles. The number of phenols is 1. The number of imide groups is 2. The van der Waals surface area contributed by atoms with Gasteiger partial charge in [-0.3, -0.25) is 29.5 Å². The molecule has 6 aromatic rings. The van der Waals surface area contributed by atoms with Crippen molar-refractivity contribution in [3.8, 4) is 17.2 Å². The number of anilines is 2. The highest BCUT2D eigenvalue weighted by molar-refractivity contribution is 6.30. The molecule has 0 bridgehead atoms. The molecule has 3 heterocycles. The van der Waals surface area contributed by atoms with Gasteiger partial charge >= 0.3 is 0 Å². The van der Waals surface area contributed by atoms with Crippen molar-refractivity contribution in [2.45, 2.75) is 31.1 Å². The lowest BCUT2D eigenvalue weighted by Gasteiger charge is -2.50. The predicted octanol–water partition coefficient (Wildman–Crippen LogP) is 8.49. The van der Waals surface area contributed by atoms with Crippen LogP contribution in [-0.2, 0) is 24.6 Å². The molecule has 10 rings (SSSR count). The maximum atomic E-state index is 15.3. The smallest absolute Gasteiger partial charge is 0.260 e. The Morgan fingerprint density at radius 3 is 2.33 bits per heavy atom. The minimum atomic E-state index is -1.61. The number of aromatic hydroxyl groups is 1. The SMILES string of the molecule is Cc1cccc([C@H]2C3=CC[C@@H]4C(=O)N(c5ccc(-c6nc7ccccc7o6)cc5)C(=O)[C@@H]4[C@@H]3C[C@H]3C(=O)N(Nc4ccc(F)cc4)C(=O)[C@@]23c2ccc(Cl)cc2)c1O. The quantitative estimate of drug-likeness (QED) is 0.127. The number of carbonyl (C=O) groups excluding carboxylic acids is 4. The zero-order valence-electron chi connectivity index (χ0n) is 30.9. The zero-order chi connectivity index (χ0) is 40.0. The number of hydrogen-bond acceptors (Lipinski definition) is 8. The molecule has 58 heavy (non-hydrogen) atoms. The van der Waals surface area contributed by atoms with Gasteiger partial charge in [0, 0.05) is 22.1 Å². The molecule has 1 aromatic heterocycles. The molecule has 0 radical (unpaired) electrons. The highest BCUT2D eigenvalue weighted by atomic mass is 35.5. The number of phenolic OH excluding ortho intramolecular Hbond substituents is 1. The van der Waals surface area contributed by atoms with Gasteiger partial charge in [-0.1, -0.05) is 65.7 Å². The lowest BCUT2D eigenvalue weighted by Crippen LogP contribution is -2.53. The van der Waals surface area contributed by atoms with Crippen LogP contribution in [0.25, 0.3) is 22.6 Å². The number of halogens is 2. The van der Waals surface area contributed by atoms with E-state index in [1.54, 1.807) is 73.7 Å². The van der Waals surface area contributed by atoms with Crippen LogP contribution < -0.4 is 10.3 Å². The fourth-order valence-corrected chi connectivity index (χ4v) is 10.0. The molecule has 3 fully saturated rings. The standard InChI is InChI=1S/C46H34ClFN4O6/c1-24-5-4-6-33(40(24)53)39-31-21-22-32-38(44(56)51(42(32)54)30-19-9-25(10-20-30)41-49-36-7-2-3-8-37(36)58-41)34(31)23-35-43(55)52(50-29-17-15-28(48)16-18-29)45(57)46(35,39)26-11-13-27(47)14-12-26/h2-21,32,34-35,38-39,50,53H,22-23H2,1H3/t32-,34+,35-,38-,39+,46+/m0/s1. The number of oxazole rings is 1. The Morgan fingerprint density at radius 2 is 1.59 bits per heavy atom. The third-order valence-corrected chi connectivity index (χ3v) is 12.8. The first kappa shape index (κ1) is 35.8. The van der Waals surface area contributed by atoms with Crippen LogP contribution in [0.2, 0.25) is 5.02 Å². The van der Waals surface area contributed by atoms with Crippen LogP contribution in [0.5, 0.6) is 5.75 Å². The number of carbonyl (C=O) groups is 4. The summed E-state index contributed by atoms with van der Waals surface area (Å²) in [7, 11) is 0. The zero-order valence-corrected chi connectivity index (χ0v) is 31.7. The van der Waals surface area contributed by atoms with Gasteiger partial charge in [-0.15, -0.1) is 0 Å². The van der Waals surface area contributed by atoms with E-state index in [0.717, 1.165) is 5.01 Å². The number of fused-ring (bicyclic) bond motifs is 5. The van der Waals surface area contributed by atoms with Gasteiger partial charge in [0.25, 0.3) is 11.8 Å². The number of hydrazine groups is 1. The van der Waals surface area contributed by atoms with Crippen molar-refractivity contribution in [2.75, 3.05) is 10.3 Å². The van der Waals surface area contributed by atoms with Crippen molar-refractivity contribution in [3.63, 3.8) is 0 Å². The van der Waals surface area contributed by atoms with Crippen molar-refractivity contribution in [2.24, 2.45) is 23.7 Å². The fourth-order valence-electron chi connectivity index (χ4n) is 9.92. The van der Waals surface area contributed by atoms with Crippen molar-refractivity contribution in [1.82, 2.24) is 9.99 Å². The molecule has 2 saturated heterocycles. The molecule has 12 heteroatoms. The van der Waals surface area contributed by atoms with Crippen LogP contribution in [0, 0.1) is 36.4 Å². The lowest BCUT2D eigenvalue weighted by molar-refractivity contribution is -0.138. The molecule has 288 valence electrons. The van der Waals surface area contributed by atoms with E-state index in [1.165, 1.54) is 29.2 Å². The van der Waals surface area contributed by atoms with Crippen molar-refractivity contribution >= 4 is 57.7 Å². The third-order valence-electron chi connectivity index (χ3n) is 12.5. The van der Waals surface area contributed by atoms with Crippen LogP contribution in [-0.4, -0.2) is 38.7 Å². The Morgan fingerprint density at radius 1 is 0.845 bits per heavy atom. The molecule has 5 aromatic carbocycles. The summed E-state index contributed by atoms with van der Waals surface area (Å²) in [6.07, 6.45) is 2.21. The van der Waals surface area contributed by atoms with E-state index in [1.807, 2.05) is 30.3 Å². The first-order valence-corrected chi connectivity index (χ1v) is 19.4. The number of aryl methyl sites for hydroxylation is 1. The van der Waals surface area contributed by atoms with Crippen LogP contribution in [0.1, 0.15) is 35.4 Å². The Hall–Kier alpha value is -6.59. The topological polar surface area (TPSA) is 133 Å². The van der Waals surface area contributed by atoms with Gasteiger partial charge in [-0.25, -0.2) is 9.37 Å². The number of rotatable bonds is 6. The number of allylic oxidation sites excluding steroid dienone is 2.